The van der Waals surface area contributed by atoms with Crippen molar-refractivity contribution in [3.63, 3.8) is 0 Å². The molecule has 1 N–H and O–H groups in total. The van der Waals surface area contributed by atoms with E-state index in [0.717, 1.165) is 16.5 Å². The second-order valence-corrected chi connectivity index (χ2v) is 6.24. The molecule has 0 unspecified atom stereocenters. The van der Waals surface area contributed by atoms with Crippen LogP contribution in [0.15, 0.2) is 54.7 Å². The number of hydrogen-bond acceptors (Lipinski definition) is 4. The Balaban J connectivity index is 1.74. The molecular weight excluding hydrogens is 328 g/mol. The maximum atomic E-state index is 12.5. The molecule has 1 amide bonds. The van der Waals surface area contributed by atoms with E-state index in [1.807, 2.05) is 44.2 Å². The van der Waals surface area contributed by atoms with E-state index in [4.69, 9.17) is 4.74 Å². The molecule has 0 radical (unpaired) electrons. The summed E-state index contributed by atoms with van der Waals surface area (Å²) >= 11 is 0. The Morgan fingerprint density at radius 3 is 2.65 bits per heavy atom. The summed E-state index contributed by atoms with van der Waals surface area (Å²) in [6.07, 6.45) is 0.692. The molecule has 1 atom stereocenters. The summed E-state index contributed by atoms with van der Waals surface area (Å²) in [6, 6.07) is 14.7. The lowest BCUT2D eigenvalue weighted by molar-refractivity contribution is -0.123. The number of benzene rings is 2. The number of carbonyl (C=O) groups is 2. The molecule has 3 rings (SSSR count). The summed E-state index contributed by atoms with van der Waals surface area (Å²) in [4.78, 5) is 29.1. The van der Waals surface area contributed by atoms with Crippen LogP contribution in [0.4, 0.5) is 5.69 Å². The van der Waals surface area contributed by atoms with Crippen molar-refractivity contribution < 1.29 is 14.3 Å². The van der Waals surface area contributed by atoms with E-state index < -0.39 is 12.1 Å². The maximum absolute atomic E-state index is 12.5. The van der Waals surface area contributed by atoms with E-state index >= 15 is 0 Å². The van der Waals surface area contributed by atoms with Crippen molar-refractivity contribution in [3.05, 3.63) is 71.4 Å². The SMILES string of the molecule is Cc1ccc(C)c(NC(=O)[C@@H](C)OC(=O)c2cccc3cccnc23)c1. The summed E-state index contributed by atoms with van der Waals surface area (Å²) in [5.74, 6) is -0.946. The predicted octanol–water partition coefficient (Wildman–Crippen LogP) is 4.04. The largest absolute Gasteiger partial charge is 0.449 e. The zero-order chi connectivity index (χ0) is 18.7. The highest BCUT2D eigenvalue weighted by atomic mass is 16.5. The number of nitrogens with zero attached hydrogens (tertiary/aromatic N) is 1. The number of para-hydroxylation sites is 1. The van der Waals surface area contributed by atoms with E-state index in [2.05, 4.69) is 10.3 Å². The second kappa shape index (κ2) is 7.35. The summed E-state index contributed by atoms with van der Waals surface area (Å²) in [7, 11) is 0. The maximum Gasteiger partial charge on any atom is 0.341 e. The minimum Gasteiger partial charge on any atom is -0.449 e. The molecule has 0 fully saturated rings. The van der Waals surface area contributed by atoms with E-state index in [1.165, 1.54) is 0 Å². The number of carbonyl (C=O) groups excluding carboxylic acids is 2. The normalized spacial score (nSPS) is 11.8. The average molecular weight is 348 g/mol. The van der Waals surface area contributed by atoms with Gasteiger partial charge in [0.25, 0.3) is 5.91 Å². The number of fused-ring (bicyclic) bond motifs is 1. The fraction of sp³-hybridized carbons (Fsp3) is 0.190. The van der Waals surface area contributed by atoms with Crippen LogP contribution in [0.2, 0.25) is 0 Å². The number of nitrogens with one attached hydrogen (secondary N) is 1. The molecule has 5 nitrogen and oxygen atoms in total. The van der Waals surface area contributed by atoms with Crippen LogP contribution in [0, 0.1) is 13.8 Å². The van der Waals surface area contributed by atoms with Gasteiger partial charge >= 0.3 is 5.97 Å². The molecule has 2 aromatic carbocycles. The van der Waals surface area contributed by atoms with Crippen molar-refractivity contribution in [2.75, 3.05) is 5.32 Å². The summed E-state index contributed by atoms with van der Waals surface area (Å²) in [5, 5.41) is 3.66. The molecule has 5 heteroatoms. The summed E-state index contributed by atoms with van der Waals surface area (Å²) in [6.45, 7) is 5.41. The standard InChI is InChI=1S/C21H20N2O3/c1-13-9-10-14(2)18(12-13)23-20(24)15(3)26-21(25)17-8-4-6-16-7-5-11-22-19(16)17/h4-12,15H,1-3H3,(H,23,24)/t15-/m1/s1. The van der Waals surface area contributed by atoms with Crippen molar-refractivity contribution in [1.29, 1.82) is 0 Å². The van der Waals surface area contributed by atoms with Crippen molar-refractivity contribution in [2.45, 2.75) is 26.9 Å². The monoisotopic (exact) mass is 348 g/mol. The Kier molecular flexibility index (Phi) is 4.98. The molecule has 0 bridgehead atoms. The lowest BCUT2D eigenvalue weighted by Gasteiger charge is -2.15. The molecule has 0 aliphatic rings. The van der Waals surface area contributed by atoms with E-state index in [0.29, 0.717) is 16.8 Å². The van der Waals surface area contributed by atoms with Crippen molar-refractivity contribution in [1.82, 2.24) is 4.98 Å². The molecular formula is C21H20N2O3. The molecule has 1 heterocycles. The zero-order valence-corrected chi connectivity index (χ0v) is 14.9. The van der Waals surface area contributed by atoms with Crippen LogP contribution < -0.4 is 5.32 Å². The number of ether oxygens (including phenoxy) is 1. The molecule has 0 spiro atoms. The number of aromatic nitrogens is 1. The van der Waals surface area contributed by atoms with Gasteiger partial charge in [0.2, 0.25) is 0 Å². The van der Waals surface area contributed by atoms with Crippen LogP contribution >= 0.6 is 0 Å². The number of rotatable bonds is 4. The fourth-order valence-electron chi connectivity index (χ4n) is 2.65. The first-order valence-corrected chi connectivity index (χ1v) is 8.38. The topological polar surface area (TPSA) is 68.3 Å². The highest BCUT2D eigenvalue weighted by Gasteiger charge is 2.21. The Labute approximate surface area is 152 Å². The lowest BCUT2D eigenvalue weighted by atomic mass is 10.1. The fourth-order valence-corrected chi connectivity index (χ4v) is 2.65. The Morgan fingerprint density at radius 1 is 1.08 bits per heavy atom. The lowest BCUT2D eigenvalue weighted by Crippen LogP contribution is -2.30. The number of hydrogen-bond donors (Lipinski definition) is 1. The third kappa shape index (κ3) is 3.72. The molecule has 0 saturated heterocycles. The Bertz CT molecular complexity index is 977. The van der Waals surface area contributed by atoms with Gasteiger partial charge in [-0.2, -0.15) is 0 Å². The molecule has 0 aliphatic carbocycles. The van der Waals surface area contributed by atoms with Crippen LogP contribution in [-0.2, 0) is 9.53 Å². The first-order valence-electron chi connectivity index (χ1n) is 8.38. The number of anilines is 1. The van der Waals surface area contributed by atoms with Gasteiger partial charge in [-0.05, 0) is 50.1 Å². The zero-order valence-electron chi connectivity index (χ0n) is 14.9. The quantitative estimate of drug-likeness (QED) is 0.723. The van der Waals surface area contributed by atoms with Crippen molar-refractivity contribution in [2.24, 2.45) is 0 Å². The minimum absolute atomic E-state index is 0.342. The first kappa shape index (κ1) is 17.6. The Morgan fingerprint density at radius 2 is 1.85 bits per heavy atom. The van der Waals surface area contributed by atoms with Crippen LogP contribution in [0.5, 0.6) is 0 Å². The number of aryl methyl sites for hydroxylation is 2. The van der Waals surface area contributed by atoms with Gasteiger partial charge in [-0.3, -0.25) is 9.78 Å². The van der Waals surface area contributed by atoms with Crippen LogP contribution in [0.1, 0.15) is 28.4 Å². The molecule has 1 aromatic heterocycles. The summed E-state index contributed by atoms with van der Waals surface area (Å²) in [5.41, 5.74) is 3.60. The average Bonchev–Trinajstić information content (AvgIpc) is 2.64. The van der Waals surface area contributed by atoms with Gasteiger partial charge < -0.3 is 10.1 Å². The third-order valence-corrected chi connectivity index (χ3v) is 4.16. The van der Waals surface area contributed by atoms with Gasteiger partial charge in [-0.15, -0.1) is 0 Å². The number of amides is 1. The van der Waals surface area contributed by atoms with Crippen molar-refractivity contribution >= 4 is 28.5 Å². The van der Waals surface area contributed by atoms with Crippen LogP contribution in [0.25, 0.3) is 10.9 Å². The first-order chi connectivity index (χ1) is 12.5. The smallest absolute Gasteiger partial charge is 0.341 e. The predicted molar refractivity (Wildman–Crippen MR) is 101 cm³/mol. The Hall–Kier alpha value is -3.21. The third-order valence-electron chi connectivity index (χ3n) is 4.16. The number of esters is 1. The van der Waals surface area contributed by atoms with Gasteiger partial charge in [-0.25, -0.2) is 4.79 Å². The van der Waals surface area contributed by atoms with Gasteiger partial charge in [-0.1, -0.05) is 30.3 Å². The number of pyridine rings is 1. The van der Waals surface area contributed by atoms with Crippen LogP contribution in [0.3, 0.4) is 0 Å². The van der Waals surface area contributed by atoms with E-state index in [1.54, 1.807) is 31.3 Å². The van der Waals surface area contributed by atoms with Gasteiger partial charge in [0.05, 0.1) is 11.1 Å². The second-order valence-electron chi connectivity index (χ2n) is 6.24. The summed E-state index contributed by atoms with van der Waals surface area (Å²) < 4.78 is 5.36. The van der Waals surface area contributed by atoms with Crippen LogP contribution in [-0.4, -0.2) is 23.0 Å². The molecule has 0 aliphatic heterocycles. The minimum atomic E-state index is -0.929. The van der Waals surface area contributed by atoms with E-state index in [-0.39, 0.29) is 5.91 Å². The van der Waals surface area contributed by atoms with Gasteiger partial charge in [0, 0.05) is 17.3 Å². The van der Waals surface area contributed by atoms with Crippen molar-refractivity contribution in [3.8, 4) is 0 Å². The van der Waals surface area contributed by atoms with Gasteiger partial charge in [0.1, 0.15) is 0 Å². The van der Waals surface area contributed by atoms with Gasteiger partial charge in [0.15, 0.2) is 6.10 Å². The highest BCUT2D eigenvalue weighted by molar-refractivity contribution is 6.04. The molecule has 3 aromatic rings. The molecule has 26 heavy (non-hydrogen) atoms. The highest BCUT2D eigenvalue weighted by Crippen LogP contribution is 2.19. The molecule has 132 valence electrons. The van der Waals surface area contributed by atoms with E-state index in [9.17, 15) is 9.59 Å². The molecule has 0 saturated carbocycles.